The summed E-state index contributed by atoms with van der Waals surface area (Å²) in [5.41, 5.74) is -0.314. The second kappa shape index (κ2) is 3.33. The predicted molar refractivity (Wildman–Crippen MR) is 49.1 cm³/mol. The van der Waals surface area contributed by atoms with Gasteiger partial charge in [-0.15, -0.1) is 5.10 Å². The largest absolute Gasteiger partial charge is 0.409 e. The van der Waals surface area contributed by atoms with Crippen LogP contribution in [0.15, 0.2) is 11.5 Å². The van der Waals surface area contributed by atoms with Gasteiger partial charge in [0.1, 0.15) is 6.33 Å². The highest BCUT2D eigenvalue weighted by atomic mass is 35.5. The first kappa shape index (κ1) is 9.98. The monoisotopic (exact) mass is 202 g/mol. The molecule has 0 saturated heterocycles. The normalized spacial score (nSPS) is 13.4. The Hall–Kier alpha value is -1.10. The molecule has 72 valence electrons. The van der Waals surface area contributed by atoms with Gasteiger partial charge in [0.2, 0.25) is 5.28 Å². The van der Waals surface area contributed by atoms with Crippen LogP contribution in [0.3, 0.4) is 0 Å². The van der Waals surface area contributed by atoms with Crippen LogP contribution in [-0.2, 0) is 0 Å². The maximum Gasteiger partial charge on any atom is 0.242 e. The van der Waals surface area contributed by atoms with Crippen LogP contribution in [0.5, 0.6) is 0 Å². The molecule has 1 aromatic rings. The zero-order chi connectivity index (χ0) is 10.1. The van der Waals surface area contributed by atoms with E-state index >= 15 is 0 Å². The van der Waals surface area contributed by atoms with E-state index < -0.39 is 0 Å². The van der Waals surface area contributed by atoms with Gasteiger partial charge in [0.15, 0.2) is 5.84 Å². The van der Waals surface area contributed by atoms with Gasteiger partial charge in [0.25, 0.3) is 0 Å². The molecule has 5 nitrogen and oxygen atoms in total. The summed E-state index contributed by atoms with van der Waals surface area (Å²) >= 11 is 5.53. The molecule has 1 N–H and O–H groups in total. The topological polar surface area (TPSA) is 63.3 Å². The molecule has 0 saturated carbocycles. The third kappa shape index (κ3) is 2.18. The highest BCUT2D eigenvalue weighted by molar-refractivity contribution is 6.28. The van der Waals surface area contributed by atoms with Gasteiger partial charge in [-0.2, -0.15) is 0 Å². The average molecular weight is 203 g/mol. The van der Waals surface area contributed by atoms with Crippen molar-refractivity contribution in [1.82, 2.24) is 14.8 Å². The van der Waals surface area contributed by atoms with Crippen LogP contribution < -0.4 is 0 Å². The molecule has 1 rings (SSSR count). The van der Waals surface area contributed by atoms with E-state index in [1.54, 1.807) is 0 Å². The molecule has 1 heterocycles. The van der Waals surface area contributed by atoms with Gasteiger partial charge in [-0.1, -0.05) is 25.9 Å². The van der Waals surface area contributed by atoms with E-state index in [-0.39, 0.29) is 10.7 Å². The van der Waals surface area contributed by atoms with E-state index in [4.69, 9.17) is 16.8 Å². The summed E-state index contributed by atoms with van der Waals surface area (Å²) in [5.74, 6) is 0.395. The van der Waals surface area contributed by atoms with E-state index in [9.17, 15) is 0 Å². The smallest absolute Gasteiger partial charge is 0.242 e. The van der Waals surface area contributed by atoms with Crippen molar-refractivity contribution in [2.45, 2.75) is 20.8 Å². The molecule has 0 radical (unpaired) electrons. The highest BCUT2D eigenvalue weighted by Gasteiger charge is 2.22. The summed E-state index contributed by atoms with van der Waals surface area (Å²) in [5, 5.41) is 15.9. The zero-order valence-corrected chi connectivity index (χ0v) is 8.45. The summed E-state index contributed by atoms with van der Waals surface area (Å²) in [7, 11) is 0. The third-order valence-corrected chi connectivity index (χ3v) is 1.62. The van der Waals surface area contributed by atoms with Crippen molar-refractivity contribution < 1.29 is 5.21 Å². The Bertz CT molecular complexity index is 325. The molecule has 0 fully saturated rings. The number of halogens is 1. The molecule has 0 unspecified atom stereocenters. The predicted octanol–water partition coefficient (Wildman–Crippen LogP) is 1.61. The van der Waals surface area contributed by atoms with Gasteiger partial charge >= 0.3 is 0 Å². The zero-order valence-electron chi connectivity index (χ0n) is 7.69. The van der Waals surface area contributed by atoms with Crippen LogP contribution >= 0.6 is 11.6 Å². The van der Waals surface area contributed by atoms with Gasteiger partial charge in [-0.25, -0.2) is 9.67 Å². The van der Waals surface area contributed by atoms with Crippen molar-refractivity contribution in [2.75, 3.05) is 0 Å². The maximum atomic E-state index is 8.78. The van der Waals surface area contributed by atoms with Gasteiger partial charge in [0.05, 0.1) is 0 Å². The van der Waals surface area contributed by atoms with E-state index in [2.05, 4.69) is 15.2 Å². The van der Waals surface area contributed by atoms with Gasteiger partial charge in [0, 0.05) is 5.41 Å². The lowest BCUT2D eigenvalue weighted by molar-refractivity contribution is 0.306. The van der Waals surface area contributed by atoms with E-state index in [1.165, 1.54) is 11.0 Å². The van der Waals surface area contributed by atoms with E-state index in [0.29, 0.717) is 5.84 Å². The standard InChI is InChI=1S/C7H11ClN4O/c1-7(2,3)5(11-13)12-4-9-6(8)10-12/h4,13H,1-3H3. The minimum absolute atomic E-state index is 0.130. The first-order valence-corrected chi connectivity index (χ1v) is 4.13. The minimum atomic E-state index is -0.314. The number of oxime groups is 1. The molecule has 13 heavy (non-hydrogen) atoms. The lowest BCUT2D eigenvalue weighted by Crippen LogP contribution is -2.28. The summed E-state index contributed by atoms with van der Waals surface area (Å²) in [6.45, 7) is 5.70. The quantitative estimate of drug-likeness (QED) is 0.301. The van der Waals surface area contributed by atoms with Crippen molar-refractivity contribution in [3.05, 3.63) is 11.6 Å². The average Bonchev–Trinajstić information content (AvgIpc) is 2.34. The fraction of sp³-hybridized carbons (Fsp3) is 0.571. The second-order valence-electron chi connectivity index (χ2n) is 3.63. The van der Waals surface area contributed by atoms with Crippen LogP contribution in [0.25, 0.3) is 0 Å². The molecule has 0 aliphatic heterocycles. The molecule has 0 bridgehead atoms. The molecule has 0 atom stereocenters. The van der Waals surface area contributed by atoms with Crippen LogP contribution in [0.1, 0.15) is 20.8 Å². The van der Waals surface area contributed by atoms with Crippen LogP contribution in [0.2, 0.25) is 5.28 Å². The Labute approximate surface area is 81.0 Å². The van der Waals surface area contributed by atoms with Crippen molar-refractivity contribution in [3.63, 3.8) is 0 Å². The summed E-state index contributed by atoms with van der Waals surface area (Å²) < 4.78 is 1.35. The van der Waals surface area contributed by atoms with Crippen LogP contribution in [0.4, 0.5) is 0 Å². The molecule has 0 spiro atoms. The Morgan fingerprint density at radius 1 is 1.62 bits per heavy atom. The maximum absolute atomic E-state index is 8.78. The van der Waals surface area contributed by atoms with Gasteiger partial charge < -0.3 is 5.21 Å². The first-order chi connectivity index (χ1) is 5.95. The van der Waals surface area contributed by atoms with E-state index in [1.807, 2.05) is 20.8 Å². The molecule has 6 heteroatoms. The van der Waals surface area contributed by atoms with Crippen LogP contribution in [-0.4, -0.2) is 25.8 Å². The number of aromatic nitrogens is 3. The van der Waals surface area contributed by atoms with Crippen molar-refractivity contribution in [2.24, 2.45) is 10.6 Å². The lowest BCUT2D eigenvalue weighted by Gasteiger charge is -2.18. The van der Waals surface area contributed by atoms with Crippen LogP contribution in [0, 0.1) is 5.41 Å². The summed E-state index contributed by atoms with van der Waals surface area (Å²) in [6.07, 6.45) is 1.41. The molecule has 0 aromatic carbocycles. The number of rotatable bonds is 0. The second-order valence-corrected chi connectivity index (χ2v) is 3.97. The van der Waals surface area contributed by atoms with Crippen molar-refractivity contribution in [1.29, 1.82) is 0 Å². The number of nitrogens with zero attached hydrogens (tertiary/aromatic N) is 4. The molecule has 0 aliphatic carbocycles. The number of hydrogen-bond donors (Lipinski definition) is 1. The number of hydrogen-bond acceptors (Lipinski definition) is 4. The molecule has 0 aliphatic rings. The van der Waals surface area contributed by atoms with Crippen molar-refractivity contribution >= 4 is 17.4 Å². The Morgan fingerprint density at radius 2 is 2.23 bits per heavy atom. The van der Waals surface area contributed by atoms with Gasteiger partial charge in [-0.3, -0.25) is 0 Å². The molecular formula is C7H11ClN4O. The fourth-order valence-corrected chi connectivity index (χ4v) is 1.01. The van der Waals surface area contributed by atoms with Gasteiger partial charge in [-0.05, 0) is 11.6 Å². The molecule has 1 aromatic heterocycles. The summed E-state index contributed by atoms with van der Waals surface area (Å²) in [4.78, 5) is 3.72. The third-order valence-electron chi connectivity index (χ3n) is 1.45. The van der Waals surface area contributed by atoms with E-state index in [0.717, 1.165) is 0 Å². The SMILES string of the molecule is CC(C)(C)C(=NO)n1cnc(Cl)n1. The molecular weight excluding hydrogens is 192 g/mol. The summed E-state index contributed by atoms with van der Waals surface area (Å²) in [6, 6.07) is 0. The first-order valence-electron chi connectivity index (χ1n) is 3.75. The molecule has 0 amide bonds. The Kier molecular flexibility index (Phi) is 2.56. The minimum Gasteiger partial charge on any atom is -0.409 e. The Balaban J connectivity index is 3.06. The lowest BCUT2D eigenvalue weighted by atomic mass is 9.95. The fourth-order valence-electron chi connectivity index (χ4n) is 0.884. The Morgan fingerprint density at radius 3 is 2.54 bits per heavy atom. The van der Waals surface area contributed by atoms with Crippen molar-refractivity contribution in [3.8, 4) is 0 Å². The highest BCUT2D eigenvalue weighted by Crippen LogP contribution is 2.17.